The number of rotatable bonds is 6. The third-order valence-electron chi connectivity index (χ3n) is 4.30. The van der Waals surface area contributed by atoms with Gasteiger partial charge < -0.3 is 14.8 Å². The van der Waals surface area contributed by atoms with Gasteiger partial charge in [-0.3, -0.25) is 9.32 Å². The van der Waals surface area contributed by atoms with E-state index in [1.807, 2.05) is 32.0 Å². The predicted molar refractivity (Wildman–Crippen MR) is 104 cm³/mol. The number of benzene rings is 2. The molecule has 1 heterocycles. The molecule has 8 heteroatoms. The molecule has 3 rings (SSSR count). The van der Waals surface area contributed by atoms with E-state index in [0.717, 1.165) is 11.1 Å². The van der Waals surface area contributed by atoms with Crippen molar-refractivity contribution in [2.45, 2.75) is 20.4 Å². The molecular weight excluding hydrogens is 362 g/mol. The first-order valence-electron chi connectivity index (χ1n) is 8.59. The number of anilines is 1. The van der Waals surface area contributed by atoms with E-state index >= 15 is 0 Å². The van der Waals surface area contributed by atoms with Gasteiger partial charge in [0.05, 0.1) is 14.2 Å². The molecule has 28 heavy (non-hydrogen) atoms. The van der Waals surface area contributed by atoms with Crippen molar-refractivity contribution >= 4 is 11.6 Å². The second kappa shape index (κ2) is 7.99. The molecule has 0 bridgehead atoms. The molecule has 8 nitrogen and oxygen atoms in total. The molecule has 146 valence electrons. The Morgan fingerprint density at radius 3 is 2.57 bits per heavy atom. The van der Waals surface area contributed by atoms with Crippen LogP contribution in [0.2, 0.25) is 0 Å². The molecule has 1 aromatic heterocycles. The van der Waals surface area contributed by atoms with Crippen molar-refractivity contribution in [1.82, 2.24) is 9.72 Å². The molecule has 1 N–H and O–H groups in total. The maximum absolute atomic E-state index is 12.5. The van der Waals surface area contributed by atoms with Gasteiger partial charge in [0.25, 0.3) is 0 Å². The first-order chi connectivity index (χ1) is 13.4. The minimum atomic E-state index is -0.721. The first kappa shape index (κ1) is 19.2. The summed E-state index contributed by atoms with van der Waals surface area (Å²) in [6, 6.07) is 10.8. The van der Waals surface area contributed by atoms with Gasteiger partial charge in [0.2, 0.25) is 5.91 Å². The zero-order valence-corrected chi connectivity index (χ0v) is 16.1. The van der Waals surface area contributed by atoms with Crippen LogP contribution in [0, 0.1) is 13.8 Å². The van der Waals surface area contributed by atoms with Crippen molar-refractivity contribution in [3.05, 3.63) is 58.1 Å². The van der Waals surface area contributed by atoms with Gasteiger partial charge >= 0.3 is 5.76 Å². The quantitative estimate of drug-likeness (QED) is 0.703. The van der Waals surface area contributed by atoms with Crippen LogP contribution < -0.4 is 20.5 Å². The van der Waals surface area contributed by atoms with Gasteiger partial charge in [-0.25, -0.2) is 9.36 Å². The summed E-state index contributed by atoms with van der Waals surface area (Å²) < 4.78 is 16.4. The maximum Gasteiger partial charge on any atom is 0.442 e. The van der Waals surface area contributed by atoms with Gasteiger partial charge in [-0.05, 0) is 49.2 Å². The van der Waals surface area contributed by atoms with Gasteiger partial charge in [0.15, 0.2) is 17.3 Å². The average molecular weight is 383 g/mol. The highest BCUT2D eigenvalue weighted by molar-refractivity contribution is 5.91. The molecule has 0 saturated carbocycles. The van der Waals surface area contributed by atoms with Gasteiger partial charge in [0, 0.05) is 11.3 Å². The molecule has 0 spiro atoms. The van der Waals surface area contributed by atoms with Crippen molar-refractivity contribution in [2.75, 3.05) is 19.5 Å². The summed E-state index contributed by atoms with van der Waals surface area (Å²) in [5.41, 5.74) is 3.20. The number of ether oxygens (including phenoxy) is 2. The van der Waals surface area contributed by atoms with Crippen molar-refractivity contribution in [2.24, 2.45) is 0 Å². The van der Waals surface area contributed by atoms with E-state index in [1.54, 1.807) is 18.2 Å². The number of aryl methyl sites for hydroxylation is 2. The Morgan fingerprint density at radius 2 is 1.86 bits per heavy atom. The summed E-state index contributed by atoms with van der Waals surface area (Å²) in [6.07, 6.45) is 0. The minimum absolute atomic E-state index is 0.224. The zero-order valence-electron chi connectivity index (χ0n) is 16.1. The van der Waals surface area contributed by atoms with Gasteiger partial charge in [-0.1, -0.05) is 17.3 Å². The van der Waals surface area contributed by atoms with Gasteiger partial charge in [-0.15, -0.1) is 0 Å². The number of aromatic nitrogens is 2. The summed E-state index contributed by atoms with van der Waals surface area (Å²) in [5, 5.41) is 6.63. The van der Waals surface area contributed by atoms with E-state index in [2.05, 4.69) is 10.5 Å². The number of carbonyl (C=O) groups excluding carboxylic acids is 1. The third-order valence-corrected chi connectivity index (χ3v) is 4.30. The summed E-state index contributed by atoms with van der Waals surface area (Å²) >= 11 is 0. The Hall–Kier alpha value is -3.55. The summed E-state index contributed by atoms with van der Waals surface area (Å²) in [4.78, 5) is 24.6. The predicted octanol–water partition coefficient (Wildman–Crippen LogP) is 2.78. The van der Waals surface area contributed by atoms with Crippen molar-refractivity contribution in [3.63, 3.8) is 0 Å². The summed E-state index contributed by atoms with van der Waals surface area (Å²) in [6.45, 7) is 3.60. The van der Waals surface area contributed by atoms with Crippen LogP contribution in [0.3, 0.4) is 0 Å². The second-order valence-electron chi connectivity index (χ2n) is 6.29. The Bertz CT molecular complexity index is 1070. The van der Waals surface area contributed by atoms with Crippen LogP contribution in [-0.2, 0) is 11.3 Å². The monoisotopic (exact) mass is 383 g/mol. The maximum atomic E-state index is 12.5. The molecule has 0 aliphatic carbocycles. The number of methoxy groups -OCH3 is 2. The summed E-state index contributed by atoms with van der Waals surface area (Å²) in [5.74, 6) is 0.154. The second-order valence-corrected chi connectivity index (χ2v) is 6.29. The van der Waals surface area contributed by atoms with Crippen LogP contribution in [-0.4, -0.2) is 29.9 Å². The van der Waals surface area contributed by atoms with Crippen LogP contribution in [0.5, 0.6) is 11.5 Å². The third kappa shape index (κ3) is 3.90. The molecule has 0 aliphatic heterocycles. The average Bonchev–Trinajstić information content (AvgIpc) is 3.04. The molecule has 0 atom stereocenters. The molecule has 0 fully saturated rings. The summed E-state index contributed by atoms with van der Waals surface area (Å²) in [7, 11) is 3.04. The van der Waals surface area contributed by atoms with E-state index in [-0.39, 0.29) is 18.3 Å². The fourth-order valence-corrected chi connectivity index (χ4v) is 2.79. The number of amides is 1. The largest absolute Gasteiger partial charge is 0.493 e. The van der Waals surface area contributed by atoms with Crippen molar-refractivity contribution < 1.29 is 18.8 Å². The molecule has 1 amide bonds. The first-order valence-corrected chi connectivity index (χ1v) is 8.59. The molecule has 0 unspecified atom stereocenters. The van der Waals surface area contributed by atoms with Crippen LogP contribution in [0.1, 0.15) is 11.1 Å². The number of hydrogen-bond donors (Lipinski definition) is 1. The smallest absolute Gasteiger partial charge is 0.442 e. The Labute approximate surface area is 161 Å². The van der Waals surface area contributed by atoms with Crippen molar-refractivity contribution in [1.29, 1.82) is 0 Å². The molecule has 2 aromatic carbocycles. The minimum Gasteiger partial charge on any atom is -0.493 e. The number of nitrogens with zero attached hydrogens (tertiary/aromatic N) is 2. The fraction of sp³-hybridized carbons (Fsp3) is 0.250. The van der Waals surface area contributed by atoms with E-state index < -0.39 is 5.76 Å². The van der Waals surface area contributed by atoms with E-state index in [1.165, 1.54) is 18.8 Å². The molecule has 0 saturated heterocycles. The highest BCUT2D eigenvalue weighted by Crippen LogP contribution is 2.31. The lowest BCUT2D eigenvalue weighted by molar-refractivity contribution is -0.116. The van der Waals surface area contributed by atoms with E-state index in [0.29, 0.717) is 22.7 Å². The standard InChI is InChI=1S/C20H21N3O5/c1-12-5-6-13(2)15(9-12)21-18(24)11-23-19(22-28-20(23)25)14-7-8-16(26-3)17(10-14)27-4/h5-10H,11H2,1-4H3,(H,21,24). The molecular formula is C20H21N3O5. The lowest BCUT2D eigenvalue weighted by Gasteiger charge is -2.11. The lowest BCUT2D eigenvalue weighted by atomic mass is 10.1. The van der Waals surface area contributed by atoms with E-state index in [9.17, 15) is 9.59 Å². The normalized spacial score (nSPS) is 10.6. The fourth-order valence-electron chi connectivity index (χ4n) is 2.79. The van der Waals surface area contributed by atoms with E-state index in [4.69, 9.17) is 14.0 Å². The number of carbonyl (C=O) groups is 1. The van der Waals surface area contributed by atoms with Crippen molar-refractivity contribution in [3.8, 4) is 22.9 Å². The van der Waals surface area contributed by atoms with Crippen LogP contribution in [0.4, 0.5) is 5.69 Å². The molecule has 3 aromatic rings. The number of hydrogen-bond acceptors (Lipinski definition) is 6. The molecule has 0 radical (unpaired) electrons. The highest BCUT2D eigenvalue weighted by atomic mass is 16.5. The van der Waals surface area contributed by atoms with Crippen LogP contribution >= 0.6 is 0 Å². The van der Waals surface area contributed by atoms with Gasteiger partial charge in [0.1, 0.15) is 6.54 Å². The van der Waals surface area contributed by atoms with Gasteiger partial charge in [-0.2, -0.15) is 0 Å². The Morgan fingerprint density at radius 1 is 1.11 bits per heavy atom. The van der Waals surface area contributed by atoms with Crippen LogP contribution in [0.15, 0.2) is 45.7 Å². The highest BCUT2D eigenvalue weighted by Gasteiger charge is 2.18. The lowest BCUT2D eigenvalue weighted by Crippen LogP contribution is -2.25. The topological polar surface area (TPSA) is 95.6 Å². The number of nitrogens with one attached hydrogen (secondary N) is 1. The Balaban J connectivity index is 1.88. The molecule has 0 aliphatic rings. The zero-order chi connectivity index (χ0) is 20.3. The SMILES string of the molecule is COc1ccc(-c2noc(=O)n2CC(=O)Nc2cc(C)ccc2C)cc1OC. The Kier molecular flexibility index (Phi) is 5.49. The van der Waals surface area contributed by atoms with Crippen LogP contribution in [0.25, 0.3) is 11.4 Å².